The number of amides is 1. The van der Waals surface area contributed by atoms with Crippen LogP contribution in [0, 0.1) is 10.1 Å². The number of carboxylic acid groups (broad SMARTS) is 1. The molecule has 0 aromatic heterocycles. The van der Waals surface area contributed by atoms with E-state index in [1.807, 2.05) is 0 Å². The minimum Gasteiger partial charge on any atom is -0.461 e. The van der Waals surface area contributed by atoms with Crippen molar-refractivity contribution in [2.45, 2.75) is 0 Å². The summed E-state index contributed by atoms with van der Waals surface area (Å²) in [5.41, 5.74) is 0. The van der Waals surface area contributed by atoms with Gasteiger partial charge in [0.25, 0.3) is 0 Å². The molecule has 1 N–H and O–H groups in total. The Morgan fingerprint density at radius 3 is 2.25 bits per heavy atom. The number of hydrogen-bond donors (Lipinski definition) is 1. The van der Waals surface area contributed by atoms with Gasteiger partial charge in [-0.05, 0) is 5.01 Å². The van der Waals surface area contributed by atoms with E-state index in [1.165, 1.54) is 0 Å². The lowest BCUT2D eigenvalue weighted by Crippen LogP contribution is -2.30. The highest BCUT2D eigenvalue weighted by Gasteiger charge is 2.14. The Hall–Kier alpha value is -1.33. The maximum Gasteiger partial charge on any atom is 0.465 e. The molecule has 0 heterocycles. The van der Waals surface area contributed by atoms with Gasteiger partial charge in [-0.25, -0.2) is 14.9 Å². The zero-order valence-corrected chi connectivity index (χ0v) is 4.07. The first kappa shape index (κ1) is 6.67. The molecule has 0 saturated heterocycles. The number of hydrazine groups is 1. The van der Waals surface area contributed by atoms with Gasteiger partial charge in [0.1, 0.15) is 0 Å². The second-order valence-electron chi connectivity index (χ2n) is 1.04. The first-order valence-corrected chi connectivity index (χ1v) is 1.66. The van der Waals surface area contributed by atoms with Crippen LogP contribution in [0.15, 0.2) is 0 Å². The molecule has 1 amide bonds. The predicted octanol–water partition coefficient (Wildman–Crippen LogP) is -0.212. The molecule has 6 nitrogen and oxygen atoms in total. The molecule has 0 aromatic rings. The van der Waals surface area contributed by atoms with Gasteiger partial charge in [-0.3, -0.25) is 0 Å². The lowest BCUT2D eigenvalue weighted by Gasteiger charge is -1.97. The first-order valence-electron chi connectivity index (χ1n) is 1.66. The fraction of sp³-hybridized carbons (Fsp3) is 0.500. The van der Waals surface area contributed by atoms with Crippen molar-refractivity contribution >= 4 is 6.09 Å². The van der Waals surface area contributed by atoms with Crippen LogP contribution in [0.1, 0.15) is 0 Å². The molecule has 0 unspecified atom stereocenters. The molecule has 0 aliphatic carbocycles. The quantitative estimate of drug-likeness (QED) is 0.383. The molecule has 0 aliphatic rings. The Labute approximate surface area is 44.4 Å². The topological polar surface area (TPSA) is 83.7 Å². The molecule has 0 radical (unpaired) electrons. The zero-order chi connectivity index (χ0) is 6.73. The predicted molar refractivity (Wildman–Crippen MR) is 22.8 cm³/mol. The van der Waals surface area contributed by atoms with Crippen LogP contribution in [-0.4, -0.2) is 28.3 Å². The third kappa shape index (κ3) is 1.41. The SMILES string of the molecule is CN(C(=O)O)[N+](=O)[O-]. The van der Waals surface area contributed by atoms with Crippen LogP contribution in [-0.2, 0) is 0 Å². The Morgan fingerprint density at radius 1 is 1.88 bits per heavy atom. The van der Waals surface area contributed by atoms with Gasteiger partial charge >= 0.3 is 6.09 Å². The Balaban J connectivity index is 3.83. The van der Waals surface area contributed by atoms with E-state index in [0.29, 0.717) is 0 Å². The summed E-state index contributed by atoms with van der Waals surface area (Å²) in [6.07, 6.45) is -1.57. The summed E-state index contributed by atoms with van der Waals surface area (Å²) >= 11 is 0. The minimum atomic E-state index is -1.57. The van der Waals surface area contributed by atoms with Crippen LogP contribution in [0.5, 0.6) is 0 Å². The Bertz CT molecular complexity index is 107. The molecular formula is C2H4N2O4. The smallest absolute Gasteiger partial charge is 0.461 e. The molecule has 0 bridgehead atoms. The van der Waals surface area contributed by atoms with Crippen LogP contribution in [0.4, 0.5) is 4.79 Å². The highest BCUT2D eigenvalue weighted by molar-refractivity contribution is 5.62. The van der Waals surface area contributed by atoms with E-state index in [1.54, 1.807) is 0 Å². The molecule has 0 fully saturated rings. The van der Waals surface area contributed by atoms with E-state index >= 15 is 0 Å². The minimum absolute atomic E-state index is 0.0278. The molecule has 0 saturated carbocycles. The second-order valence-corrected chi connectivity index (χ2v) is 1.04. The van der Waals surface area contributed by atoms with Crippen molar-refractivity contribution < 1.29 is 14.9 Å². The van der Waals surface area contributed by atoms with E-state index in [2.05, 4.69) is 0 Å². The molecule has 0 spiro atoms. The van der Waals surface area contributed by atoms with Crippen molar-refractivity contribution in [1.29, 1.82) is 0 Å². The van der Waals surface area contributed by atoms with E-state index in [4.69, 9.17) is 5.11 Å². The van der Waals surface area contributed by atoms with Crippen LogP contribution in [0.2, 0.25) is 0 Å². The normalized spacial score (nSPS) is 8.12. The number of carbonyl (C=O) groups is 1. The van der Waals surface area contributed by atoms with Gasteiger partial charge in [0.15, 0.2) is 5.03 Å². The van der Waals surface area contributed by atoms with Crippen molar-refractivity contribution in [1.82, 2.24) is 5.01 Å². The molecule has 0 rings (SSSR count). The van der Waals surface area contributed by atoms with Gasteiger partial charge in [-0.15, -0.1) is 0 Å². The van der Waals surface area contributed by atoms with Crippen molar-refractivity contribution in [2.75, 3.05) is 7.05 Å². The van der Waals surface area contributed by atoms with Crippen molar-refractivity contribution in [3.63, 3.8) is 0 Å². The molecule has 8 heavy (non-hydrogen) atoms. The third-order valence-corrected chi connectivity index (χ3v) is 0.522. The van der Waals surface area contributed by atoms with Gasteiger partial charge in [0.05, 0.1) is 7.05 Å². The monoisotopic (exact) mass is 120 g/mol. The molecular weight excluding hydrogens is 116 g/mol. The van der Waals surface area contributed by atoms with E-state index < -0.39 is 11.1 Å². The van der Waals surface area contributed by atoms with Crippen molar-refractivity contribution in [3.05, 3.63) is 10.1 Å². The van der Waals surface area contributed by atoms with Crippen molar-refractivity contribution in [2.24, 2.45) is 0 Å². The summed E-state index contributed by atoms with van der Waals surface area (Å²) in [6.45, 7) is 0. The summed E-state index contributed by atoms with van der Waals surface area (Å²) in [5.74, 6) is 0. The molecule has 46 valence electrons. The maximum atomic E-state index is 9.62. The first-order chi connectivity index (χ1) is 3.55. The van der Waals surface area contributed by atoms with Gasteiger partial charge in [0, 0.05) is 0 Å². The van der Waals surface area contributed by atoms with Gasteiger partial charge in [-0.1, -0.05) is 0 Å². The highest BCUT2D eigenvalue weighted by Crippen LogP contribution is 1.80. The lowest BCUT2D eigenvalue weighted by molar-refractivity contribution is -0.628. The average Bonchev–Trinajstić information content (AvgIpc) is 1.64. The van der Waals surface area contributed by atoms with Gasteiger partial charge in [0.2, 0.25) is 0 Å². The van der Waals surface area contributed by atoms with Gasteiger partial charge < -0.3 is 5.11 Å². The third-order valence-electron chi connectivity index (χ3n) is 0.522. The molecule has 0 aromatic carbocycles. The summed E-state index contributed by atoms with van der Waals surface area (Å²) in [4.78, 5) is 19.1. The van der Waals surface area contributed by atoms with Crippen LogP contribution in [0.3, 0.4) is 0 Å². The van der Waals surface area contributed by atoms with Crippen LogP contribution < -0.4 is 0 Å². The largest absolute Gasteiger partial charge is 0.465 e. The number of hydrogen-bond acceptors (Lipinski definition) is 3. The lowest BCUT2D eigenvalue weighted by atomic mass is 11.1. The highest BCUT2D eigenvalue weighted by atomic mass is 16.7. The fourth-order valence-electron chi connectivity index (χ4n) is 0.0698. The average molecular weight is 120 g/mol. The van der Waals surface area contributed by atoms with Crippen molar-refractivity contribution in [3.8, 4) is 0 Å². The Morgan fingerprint density at radius 2 is 2.25 bits per heavy atom. The second kappa shape index (κ2) is 2.10. The molecule has 0 atom stereocenters. The fourth-order valence-corrected chi connectivity index (χ4v) is 0.0698. The number of nitrogens with zero attached hydrogens (tertiary/aromatic N) is 2. The summed E-state index contributed by atoms with van der Waals surface area (Å²) in [7, 11) is 0.850. The standard InChI is InChI=1S/C2H4N2O4/c1-3(2(5)6)4(7)8/h1H3,(H,5,6). The molecule has 6 heteroatoms. The number of nitro groups is 1. The van der Waals surface area contributed by atoms with E-state index in [0.717, 1.165) is 7.05 Å². The van der Waals surface area contributed by atoms with Crippen LogP contribution >= 0.6 is 0 Å². The van der Waals surface area contributed by atoms with E-state index in [9.17, 15) is 14.9 Å². The summed E-state index contributed by atoms with van der Waals surface area (Å²) < 4.78 is 0. The Kier molecular flexibility index (Phi) is 1.75. The van der Waals surface area contributed by atoms with Gasteiger partial charge in [-0.2, -0.15) is 0 Å². The summed E-state index contributed by atoms with van der Waals surface area (Å²) in [5, 5.41) is 16.3. The number of rotatable bonds is 1. The zero-order valence-electron chi connectivity index (χ0n) is 4.07. The molecule has 0 aliphatic heterocycles. The van der Waals surface area contributed by atoms with Crippen LogP contribution in [0.25, 0.3) is 0 Å². The van der Waals surface area contributed by atoms with E-state index in [-0.39, 0.29) is 5.01 Å². The summed E-state index contributed by atoms with van der Waals surface area (Å²) in [6, 6.07) is 0. The maximum absolute atomic E-state index is 9.62.